The fraction of sp³-hybridized carbons (Fsp3) is 0.357. The number of nitrogens with one attached hydrogen (secondary N) is 2. The molecule has 0 aromatic carbocycles. The lowest BCUT2D eigenvalue weighted by atomic mass is 10.2. The fourth-order valence-corrected chi connectivity index (χ4v) is 3.80. The van der Waals surface area contributed by atoms with Crippen LogP contribution in [0, 0.1) is 0 Å². The van der Waals surface area contributed by atoms with Gasteiger partial charge in [-0.2, -0.15) is 0 Å². The molecule has 22 heavy (non-hydrogen) atoms. The van der Waals surface area contributed by atoms with Crippen molar-refractivity contribution >= 4 is 21.7 Å². The van der Waals surface area contributed by atoms with Crippen LogP contribution in [-0.4, -0.2) is 49.3 Å². The van der Waals surface area contributed by atoms with Crippen LogP contribution in [0.1, 0.15) is 27.3 Å². The molecule has 0 bridgehead atoms. The van der Waals surface area contributed by atoms with Crippen molar-refractivity contribution in [3.8, 4) is 0 Å². The third-order valence-corrected chi connectivity index (χ3v) is 5.00. The minimum absolute atomic E-state index is 0.0573. The number of carbonyl (C=O) groups is 2. The first-order chi connectivity index (χ1) is 10.4. The maximum absolute atomic E-state index is 12.1. The third kappa shape index (κ3) is 4.14. The van der Waals surface area contributed by atoms with E-state index in [2.05, 4.69) is 22.2 Å². The van der Waals surface area contributed by atoms with Gasteiger partial charge in [0, 0.05) is 24.3 Å². The molecule has 1 aromatic rings. The summed E-state index contributed by atoms with van der Waals surface area (Å²) in [7, 11) is -3.06. The molecule has 0 radical (unpaired) electrons. The lowest BCUT2D eigenvalue weighted by Gasteiger charge is -2.10. The molecular formula is C14H17N3O4S. The Labute approximate surface area is 128 Å². The van der Waals surface area contributed by atoms with Gasteiger partial charge in [0.2, 0.25) is 0 Å². The zero-order valence-electron chi connectivity index (χ0n) is 11.9. The van der Waals surface area contributed by atoms with Crippen molar-refractivity contribution in [1.82, 2.24) is 15.6 Å². The summed E-state index contributed by atoms with van der Waals surface area (Å²) in [6.45, 7) is 3.82. The summed E-state index contributed by atoms with van der Waals surface area (Å²) in [5.74, 6) is -0.798. The highest BCUT2D eigenvalue weighted by atomic mass is 32.2. The molecule has 2 N–H and O–H groups in total. The summed E-state index contributed by atoms with van der Waals surface area (Å²) < 4.78 is 22.7. The molecule has 1 atom stereocenters. The van der Waals surface area contributed by atoms with Crippen molar-refractivity contribution in [1.29, 1.82) is 0 Å². The van der Waals surface area contributed by atoms with Crippen molar-refractivity contribution in [3.05, 3.63) is 42.2 Å². The van der Waals surface area contributed by atoms with Gasteiger partial charge in [-0.1, -0.05) is 6.08 Å². The number of nitrogens with zero attached hydrogens (tertiary/aromatic N) is 1. The Morgan fingerprint density at radius 1 is 1.41 bits per heavy atom. The number of hydrogen-bond acceptors (Lipinski definition) is 5. The van der Waals surface area contributed by atoms with E-state index in [0.29, 0.717) is 18.5 Å². The maximum Gasteiger partial charge on any atom is 0.270 e. The Bertz CT molecular complexity index is 700. The van der Waals surface area contributed by atoms with Gasteiger partial charge in [-0.05, 0) is 18.6 Å². The van der Waals surface area contributed by atoms with E-state index in [1.54, 1.807) is 6.08 Å². The van der Waals surface area contributed by atoms with E-state index in [-0.39, 0.29) is 23.1 Å². The molecule has 0 aliphatic carbocycles. The van der Waals surface area contributed by atoms with Crippen molar-refractivity contribution in [2.75, 3.05) is 18.1 Å². The van der Waals surface area contributed by atoms with Gasteiger partial charge in [0.25, 0.3) is 11.8 Å². The van der Waals surface area contributed by atoms with Crippen LogP contribution < -0.4 is 10.6 Å². The lowest BCUT2D eigenvalue weighted by molar-refractivity contribution is 0.0936. The van der Waals surface area contributed by atoms with E-state index in [0.717, 1.165) is 0 Å². The minimum Gasteiger partial charge on any atom is -0.349 e. The molecule has 1 fully saturated rings. The lowest BCUT2D eigenvalue weighted by Crippen LogP contribution is -2.36. The summed E-state index contributed by atoms with van der Waals surface area (Å²) in [5, 5.41) is 5.23. The van der Waals surface area contributed by atoms with Gasteiger partial charge in [-0.15, -0.1) is 6.58 Å². The Hall–Kier alpha value is -2.22. The topological polar surface area (TPSA) is 105 Å². The Morgan fingerprint density at radius 3 is 2.82 bits per heavy atom. The molecule has 1 aliphatic heterocycles. The average molecular weight is 323 g/mol. The summed E-state index contributed by atoms with van der Waals surface area (Å²) in [5.41, 5.74) is 0.386. The summed E-state index contributed by atoms with van der Waals surface area (Å²) in [6, 6.07) is 2.46. The van der Waals surface area contributed by atoms with E-state index in [9.17, 15) is 18.0 Å². The van der Waals surface area contributed by atoms with Crippen LogP contribution in [0.3, 0.4) is 0 Å². The summed E-state index contributed by atoms with van der Waals surface area (Å²) in [6.07, 6.45) is 3.31. The standard InChI is InChI=1S/C14H17N3O4S/c1-2-5-16-13(18)10-3-6-15-12(8-10)14(19)17-11-4-7-22(20,21)9-11/h2-3,6,8,11H,1,4-5,7,9H2,(H,16,18)(H,17,19). The molecule has 1 unspecified atom stereocenters. The molecule has 2 heterocycles. The highest BCUT2D eigenvalue weighted by molar-refractivity contribution is 7.91. The second kappa shape index (κ2) is 6.69. The highest BCUT2D eigenvalue weighted by Gasteiger charge is 2.29. The van der Waals surface area contributed by atoms with Crippen LogP contribution >= 0.6 is 0 Å². The molecule has 2 amide bonds. The minimum atomic E-state index is -3.06. The molecule has 1 aliphatic rings. The molecule has 0 saturated carbocycles. The van der Waals surface area contributed by atoms with Crippen LogP contribution in [0.4, 0.5) is 0 Å². The number of hydrogen-bond donors (Lipinski definition) is 2. The molecule has 1 aromatic heterocycles. The Kier molecular flexibility index (Phi) is 4.92. The van der Waals surface area contributed by atoms with E-state index >= 15 is 0 Å². The second-order valence-electron chi connectivity index (χ2n) is 5.00. The average Bonchev–Trinajstić information content (AvgIpc) is 2.83. The number of amides is 2. The van der Waals surface area contributed by atoms with Crippen LogP contribution in [0.15, 0.2) is 31.0 Å². The molecule has 1 saturated heterocycles. The Balaban J connectivity index is 2.04. The predicted molar refractivity (Wildman–Crippen MR) is 81.3 cm³/mol. The van der Waals surface area contributed by atoms with Gasteiger partial charge in [-0.25, -0.2) is 8.42 Å². The van der Waals surface area contributed by atoms with Crippen molar-refractivity contribution < 1.29 is 18.0 Å². The van der Waals surface area contributed by atoms with Gasteiger partial charge in [0.05, 0.1) is 11.5 Å². The highest BCUT2D eigenvalue weighted by Crippen LogP contribution is 2.12. The molecule has 118 valence electrons. The number of sulfone groups is 1. The van der Waals surface area contributed by atoms with Crippen LogP contribution in [0.25, 0.3) is 0 Å². The van der Waals surface area contributed by atoms with Crippen molar-refractivity contribution in [2.45, 2.75) is 12.5 Å². The molecule has 2 rings (SSSR count). The first-order valence-electron chi connectivity index (χ1n) is 6.78. The number of rotatable bonds is 5. The van der Waals surface area contributed by atoms with E-state index in [1.165, 1.54) is 18.3 Å². The quantitative estimate of drug-likeness (QED) is 0.737. The SMILES string of the molecule is C=CCNC(=O)c1ccnc(C(=O)NC2CCS(=O)(=O)C2)c1. The van der Waals surface area contributed by atoms with Gasteiger partial charge in [0.1, 0.15) is 5.69 Å². The van der Waals surface area contributed by atoms with E-state index < -0.39 is 21.8 Å². The van der Waals surface area contributed by atoms with Crippen molar-refractivity contribution in [2.24, 2.45) is 0 Å². The van der Waals surface area contributed by atoms with Crippen LogP contribution in [0.2, 0.25) is 0 Å². The van der Waals surface area contributed by atoms with Gasteiger partial charge >= 0.3 is 0 Å². The van der Waals surface area contributed by atoms with Gasteiger partial charge in [-0.3, -0.25) is 14.6 Å². The molecule has 8 heteroatoms. The maximum atomic E-state index is 12.1. The smallest absolute Gasteiger partial charge is 0.270 e. The number of pyridine rings is 1. The van der Waals surface area contributed by atoms with Gasteiger partial charge < -0.3 is 10.6 Å². The predicted octanol–water partition coefficient (Wildman–Crippen LogP) is -0.0857. The first-order valence-corrected chi connectivity index (χ1v) is 8.60. The van der Waals surface area contributed by atoms with Gasteiger partial charge in [0.15, 0.2) is 9.84 Å². The molecular weight excluding hydrogens is 306 g/mol. The second-order valence-corrected chi connectivity index (χ2v) is 7.23. The van der Waals surface area contributed by atoms with Crippen LogP contribution in [-0.2, 0) is 9.84 Å². The first kappa shape index (κ1) is 16.2. The monoisotopic (exact) mass is 323 g/mol. The van der Waals surface area contributed by atoms with Crippen molar-refractivity contribution in [3.63, 3.8) is 0 Å². The Morgan fingerprint density at radius 2 is 2.18 bits per heavy atom. The molecule has 0 spiro atoms. The number of aromatic nitrogens is 1. The fourth-order valence-electron chi connectivity index (χ4n) is 2.13. The summed E-state index contributed by atoms with van der Waals surface area (Å²) in [4.78, 5) is 27.8. The number of carbonyl (C=O) groups excluding carboxylic acids is 2. The van der Waals surface area contributed by atoms with E-state index in [1.807, 2.05) is 0 Å². The largest absolute Gasteiger partial charge is 0.349 e. The molecule has 7 nitrogen and oxygen atoms in total. The van der Waals surface area contributed by atoms with E-state index in [4.69, 9.17) is 0 Å². The third-order valence-electron chi connectivity index (χ3n) is 3.23. The normalized spacial score (nSPS) is 19.4. The zero-order chi connectivity index (χ0) is 16.2. The van der Waals surface area contributed by atoms with Crippen LogP contribution in [0.5, 0.6) is 0 Å². The summed E-state index contributed by atoms with van der Waals surface area (Å²) >= 11 is 0. The zero-order valence-corrected chi connectivity index (χ0v) is 12.7.